The summed E-state index contributed by atoms with van der Waals surface area (Å²) in [6.45, 7) is 5.89. The number of anilines is 1. The SMILES string of the molecule is CC(C)(O)[C@@H]1CCN(c2ccc3c(C(=O)CNCC4CCC(F)(F)CC4)c(Cl)ccc3n2)C1. The van der Waals surface area contributed by atoms with Gasteiger partial charge >= 0.3 is 0 Å². The van der Waals surface area contributed by atoms with Crippen LogP contribution in [0.4, 0.5) is 14.6 Å². The zero-order chi connectivity index (χ0) is 23.8. The van der Waals surface area contributed by atoms with Crippen LogP contribution >= 0.6 is 11.6 Å². The fourth-order valence-corrected chi connectivity index (χ4v) is 5.22. The molecule has 0 amide bonds. The molecule has 1 aromatic heterocycles. The molecule has 4 rings (SSSR count). The number of carbonyl (C=O) groups excluding carboxylic acids is 1. The number of halogens is 3. The maximum Gasteiger partial charge on any atom is 0.248 e. The van der Waals surface area contributed by atoms with Crippen molar-refractivity contribution in [3.8, 4) is 0 Å². The second kappa shape index (κ2) is 9.43. The average Bonchev–Trinajstić information content (AvgIpc) is 3.25. The largest absolute Gasteiger partial charge is 0.390 e. The Morgan fingerprint density at radius 2 is 1.97 bits per heavy atom. The Hall–Kier alpha value is -1.83. The van der Waals surface area contributed by atoms with Crippen LogP contribution in [-0.2, 0) is 0 Å². The number of aliphatic hydroxyl groups is 1. The van der Waals surface area contributed by atoms with Crippen molar-refractivity contribution >= 4 is 34.1 Å². The van der Waals surface area contributed by atoms with Crippen LogP contribution in [0.15, 0.2) is 24.3 Å². The molecule has 1 saturated heterocycles. The number of alkyl halides is 2. The molecule has 0 unspecified atom stereocenters. The maximum atomic E-state index is 13.3. The lowest BCUT2D eigenvalue weighted by molar-refractivity contribution is -0.0454. The van der Waals surface area contributed by atoms with E-state index in [1.54, 1.807) is 6.07 Å². The highest BCUT2D eigenvalue weighted by Gasteiger charge is 2.35. The molecule has 2 heterocycles. The van der Waals surface area contributed by atoms with E-state index in [-0.39, 0.29) is 37.0 Å². The van der Waals surface area contributed by atoms with Crippen molar-refractivity contribution in [2.75, 3.05) is 31.1 Å². The van der Waals surface area contributed by atoms with Gasteiger partial charge in [0.25, 0.3) is 0 Å². The van der Waals surface area contributed by atoms with Gasteiger partial charge in [0.05, 0.1) is 22.7 Å². The van der Waals surface area contributed by atoms with Gasteiger partial charge in [-0.3, -0.25) is 4.79 Å². The summed E-state index contributed by atoms with van der Waals surface area (Å²) < 4.78 is 26.7. The van der Waals surface area contributed by atoms with Crippen LogP contribution in [0, 0.1) is 11.8 Å². The van der Waals surface area contributed by atoms with Crippen molar-refractivity contribution in [1.29, 1.82) is 0 Å². The Morgan fingerprint density at radius 1 is 1.24 bits per heavy atom. The molecular weight excluding hydrogens is 448 g/mol. The second-order valence-corrected chi connectivity index (χ2v) is 10.5. The van der Waals surface area contributed by atoms with Gasteiger partial charge in [0.2, 0.25) is 5.92 Å². The minimum Gasteiger partial charge on any atom is -0.390 e. The van der Waals surface area contributed by atoms with E-state index >= 15 is 0 Å². The van der Waals surface area contributed by atoms with Crippen molar-refractivity contribution in [1.82, 2.24) is 10.3 Å². The minimum absolute atomic E-state index is 0.0794. The number of pyridine rings is 1. The highest BCUT2D eigenvalue weighted by Crippen LogP contribution is 2.36. The van der Waals surface area contributed by atoms with Gasteiger partial charge in [-0.25, -0.2) is 13.8 Å². The number of nitrogens with zero attached hydrogens (tertiary/aromatic N) is 2. The van der Waals surface area contributed by atoms with E-state index in [4.69, 9.17) is 16.6 Å². The molecule has 0 bridgehead atoms. The third kappa shape index (κ3) is 5.64. The molecule has 0 radical (unpaired) electrons. The van der Waals surface area contributed by atoms with Crippen LogP contribution in [0.1, 0.15) is 56.3 Å². The molecule has 5 nitrogen and oxygen atoms in total. The summed E-state index contributed by atoms with van der Waals surface area (Å²) in [7, 11) is 0. The van der Waals surface area contributed by atoms with E-state index in [1.807, 2.05) is 32.0 Å². The molecule has 0 spiro atoms. The molecule has 2 aliphatic rings. The van der Waals surface area contributed by atoms with Gasteiger partial charge in [-0.1, -0.05) is 11.6 Å². The summed E-state index contributed by atoms with van der Waals surface area (Å²) in [5, 5.41) is 14.5. The lowest BCUT2D eigenvalue weighted by Crippen LogP contribution is -2.33. The fraction of sp³-hybridized carbons (Fsp3) is 0.600. The topological polar surface area (TPSA) is 65.5 Å². The van der Waals surface area contributed by atoms with Crippen molar-refractivity contribution in [2.45, 2.75) is 57.5 Å². The van der Waals surface area contributed by atoms with Gasteiger partial charge in [-0.05, 0) is 69.8 Å². The van der Waals surface area contributed by atoms with E-state index in [9.17, 15) is 18.7 Å². The predicted molar refractivity (Wildman–Crippen MR) is 127 cm³/mol. The minimum atomic E-state index is -2.54. The van der Waals surface area contributed by atoms with Crippen LogP contribution in [-0.4, -0.2) is 53.6 Å². The Balaban J connectivity index is 1.43. The Bertz CT molecular complexity index is 1010. The Kier molecular flexibility index (Phi) is 6.95. The number of hydrogen-bond donors (Lipinski definition) is 2. The van der Waals surface area contributed by atoms with Crippen LogP contribution in [0.5, 0.6) is 0 Å². The fourth-order valence-electron chi connectivity index (χ4n) is 4.95. The number of carbonyl (C=O) groups is 1. The molecule has 1 aliphatic carbocycles. The van der Waals surface area contributed by atoms with Crippen LogP contribution in [0.25, 0.3) is 10.9 Å². The number of hydrogen-bond acceptors (Lipinski definition) is 5. The first-order chi connectivity index (χ1) is 15.5. The molecule has 33 heavy (non-hydrogen) atoms. The number of aromatic nitrogens is 1. The molecular formula is C25H32ClF2N3O2. The van der Waals surface area contributed by atoms with Gasteiger partial charge in [-0.2, -0.15) is 0 Å². The quantitative estimate of drug-likeness (QED) is 0.542. The van der Waals surface area contributed by atoms with Gasteiger partial charge in [0.15, 0.2) is 5.78 Å². The number of Topliss-reactive ketones (excluding diaryl/α,β-unsaturated/α-hetero) is 1. The summed E-state index contributed by atoms with van der Waals surface area (Å²) in [5.74, 6) is -1.51. The zero-order valence-electron chi connectivity index (χ0n) is 19.2. The summed E-state index contributed by atoms with van der Waals surface area (Å²) >= 11 is 6.40. The van der Waals surface area contributed by atoms with Crippen molar-refractivity contribution in [3.05, 3.63) is 34.9 Å². The lowest BCUT2D eigenvalue weighted by Gasteiger charge is -2.28. The normalized spacial score (nSPS) is 21.6. The number of ketones is 1. The zero-order valence-corrected chi connectivity index (χ0v) is 20.0. The maximum absolute atomic E-state index is 13.3. The van der Waals surface area contributed by atoms with Gasteiger partial charge in [0.1, 0.15) is 5.82 Å². The Labute approximate surface area is 198 Å². The number of nitrogens with one attached hydrogen (secondary N) is 1. The molecule has 1 saturated carbocycles. The van der Waals surface area contributed by atoms with Gasteiger partial charge < -0.3 is 15.3 Å². The summed E-state index contributed by atoms with van der Waals surface area (Å²) in [6, 6.07) is 7.30. The first-order valence-electron chi connectivity index (χ1n) is 11.7. The molecule has 2 aromatic rings. The summed E-state index contributed by atoms with van der Waals surface area (Å²) in [6.07, 6.45) is 1.69. The van der Waals surface area contributed by atoms with Crippen LogP contribution in [0.2, 0.25) is 5.02 Å². The molecule has 180 valence electrons. The summed E-state index contributed by atoms with van der Waals surface area (Å²) in [4.78, 5) is 19.9. The molecule has 1 aliphatic heterocycles. The molecule has 2 N–H and O–H groups in total. The van der Waals surface area contributed by atoms with Crippen molar-refractivity contribution in [2.24, 2.45) is 11.8 Å². The van der Waals surface area contributed by atoms with Crippen LogP contribution < -0.4 is 10.2 Å². The molecule has 1 aromatic carbocycles. The number of fused-ring (bicyclic) bond motifs is 1. The number of benzene rings is 1. The summed E-state index contributed by atoms with van der Waals surface area (Å²) in [5.41, 5.74) is 0.401. The van der Waals surface area contributed by atoms with Crippen molar-refractivity contribution in [3.63, 3.8) is 0 Å². The van der Waals surface area contributed by atoms with E-state index in [0.29, 0.717) is 40.9 Å². The van der Waals surface area contributed by atoms with E-state index in [2.05, 4.69) is 10.2 Å². The second-order valence-electron chi connectivity index (χ2n) is 10.1. The van der Waals surface area contributed by atoms with E-state index in [0.717, 1.165) is 25.3 Å². The smallest absolute Gasteiger partial charge is 0.248 e. The third-order valence-corrected chi connectivity index (χ3v) is 7.47. The first kappa shape index (κ1) is 24.3. The van der Waals surface area contributed by atoms with E-state index < -0.39 is 11.5 Å². The van der Waals surface area contributed by atoms with Crippen molar-refractivity contribution < 1.29 is 18.7 Å². The molecule has 8 heteroatoms. The highest BCUT2D eigenvalue weighted by atomic mass is 35.5. The first-order valence-corrected chi connectivity index (χ1v) is 12.1. The monoisotopic (exact) mass is 479 g/mol. The average molecular weight is 480 g/mol. The Morgan fingerprint density at radius 3 is 2.64 bits per heavy atom. The van der Waals surface area contributed by atoms with Crippen LogP contribution in [0.3, 0.4) is 0 Å². The van der Waals surface area contributed by atoms with Gasteiger partial charge in [-0.15, -0.1) is 0 Å². The predicted octanol–water partition coefficient (Wildman–Crippen LogP) is 5.08. The lowest BCUT2D eigenvalue weighted by atomic mass is 9.87. The number of rotatable bonds is 7. The molecule has 2 fully saturated rings. The molecule has 1 atom stereocenters. The third-order valence-electron chi connectivity index (χ3n) is 7.15. The van der Waals surface area contributed by atoms with E-state index in [1.165, 1.54) is 0 Å². The van der Waals surface area contributed by atoms with Gasteiger partial charge in [0, 0.05) is 42.8 Å². The highest BCUT2D eigenvalue weighted by molar-refractivity contribution is 6.36. The standard InChI is InChI=1S/C25H32ClF2N3O2/c1-24(2,33)17-9-12-31(15-17)22-6-3-18-20(30-22)5-4-19(26)23(18)21(32)14-29-13-16-7-10-25(27,28)11-8-16/h3-6,16-17,29,33H,7-15H2,1-2H3/t17-/m1/s1.